The van der Waals surface area contributed by atoms with Gasteiger partial charge < -0.3 is 15.0 Å². The molecule has 6 heteroatoms. The van der Waals surface area contributed by atoms with Crippen molar-refractivity contribution in [3.05, 3.63) is 20.8 Å². The fraction of sp³-hybridized carbons (Fsp3) is 0.583. The number of nitrogens with one attached hydrogen (secondary N) is 1. The van der Waals surface area contributed by atoms with Gasteiger partial charge >= 0.3 is 0 Å². The summed E-state index contributed by atoms with van der Waals surface area (Å²) in [5.41, 5.74) is 0. The van der Waals surface area contributed by atoms with Crippen molar-refractivity contribution in [3.63, 3.8) is 0 Å². The second-order valence-corrected chi connectivity index (χ2v) is 6.80. The molecule has 1 atom stereocenters. The Hall–Kier alpha value is -0.430. The number of carbonyl (C=O) groups excluding carboxylic acids is 1. The molecule has 0 radical (unpaired) electrons. The number of likely N-dealkylation sites (N-methyl/N-ethyl adjacent to an activating group) is 1. The molecule has 1 aromatic rings. The van der Waals surface area contributed by atoms with Gasteiger partial charge in [0.25, 0.3) is 0 Å². The van der Waals surface area contributed by atoms with Gasteiger partial charge in [0.05, 0.1) is 29.5 Å². The van der Waals surface area contributed by atoms with Gasteiger partial charge in [-0.15, -0.1) is 11.3 Å². The second kappa shape index (κ2) is 6.65. The fourth-order valence-electron chi connectivity index (χ4n) is 2.09. The van der Waals surface area contributed by atoms with Gasteiger partial charge in [-0.1, -0.05) is 0 Å². The zero-order valence-electron chi connectivity index (χ0n) is 10.3. The predicted octanol–water partition coefficient (Wildman–Crippen LogP) is 1.50. The molecule has 18 heavy (non-hydrogen) atoms. The number of hydrogen-bond acceptors (Lipinski definition) is 4. The molecule has 1 amide bonds. The number of nitrogens with zero attached hydrogens (tertiary/aromatic N) is 1. The van der Waals surface area contributed by atoms with Crippen LogP contribution in [0.25, 0.3) is 0 Å². The molecule has 1 unspecified atom stereocenters. The van der Waals surface area contributed by atoms with E-state index in [2.05, 4.69) is 21.2 Å². The van der Waals surface area contributed by atoms with Crippen molar-refractivity contribution in [2.45, 2.75) is 12.5 Å². The van der Waals surface area contributed by atoms with Crippen LogP contribution in [0.4, 0.5) is 0 Å². The Morgan fingerprint density at radius 1 is 1.67 bits per heavy atom. The first-order valence-electron chi connectivity index (χ1n) is 5.96. The summed E-state index contributed by atoms with van der Waals surface area (Å²) in [6.45, 7) is 2.73. The highest BCUT2D eigenvalue weighted by Crippen LogP contribution is 2.23. The van der Waals surface area contributed by atoms with E-state index < -0.39 is 0 Å². The minimum atomic E-state index is 0.152. The molecule has 4 nitrogen and oxygen atoms in total. The van der Waals surface area contributed by atoms with Gasteiger partial charge in [-0.2, -0.15) is 0 Å². The average molecular weight is 333 g/mol. The number of amides is 1. The van der Waals surface area contributed by atoms with Crippen LogP contribution in [-0.4, -0.2) is 50.2 Å². The Morgan fingerprint density at radius 3 is 3.17 bits per heavy atom. The summed E-state index contributed by atoms with van der Waals surface area (Å²) in [5, 5.41) is 3.11. The summed E-state index contributed by atoms with van der Waals surface area (Å²) >= 11 is 5.04. The Labute approximate surface area is 119 Å². The topological polar surface area (TPSA) is 41.6 Å². The molecule has 0 bridgehead atoms. The van der Waals surface area contributed by atoms with E-state index >= 15 is 0 Å². The average Bonchev–Trinajstić information content (AvgIpc) is 2.76. The molecule has 1 aromatic heterocycles. The molecule has 0 spiro atoms. The smallest absolute Gasteiger partial charge is 0.228 e. The molecule has 1 fully saturated rings. The van der Waals surface area contributed by atoms with Crippen LogP contribution in [0.1, 0.15) is 4.88 Å². The molecule has 2 heterocycles. The van der Waals surface area contributed by atoms with Crippen molar-refractivity contribution in [1.29, 1.82) is 0 Å². The van der Waals surface area contributed by atoms with Gasteiger partial charge in [-0.25, -0.2) is 0 Å². The van der Waals surface area contributed by atoms with Gasteiger partial charge in [0.2, 0.25) is 5.91 Å². The lowest BCUT2D eigenvalue weighted by Crippen LogP contribution is -2.52. The van der Waals surface area contributed by atoms with E-state index in [1.807, 2.05) is 24.1 Å². The first kappa shape index (κ1) is 14.0. The summed E-state index contributed by atoms with van der Waals surface area (Å²) in [6, 6.07) is 4.14. The van der Waals surface area contributed by atoms with Crippen LogP contribution in [0.2, 0.25) is 0 Å². The highest BCUT2D eigenvalue weighted by Gasteiger charge is 2.26. The standard InChI is InChI=1S/C12H17BrN2O2S/c1-14-7-9-8-17-5-4-15(9)12(16)6-10-2-3-11(13)18-10/h2-3,9,14H,4-8H2,1H3. The van der Waals surface area contributed by atoms with E-state index in [0.29, 0.717) is 26.2 Å². The number of ether oxygens (including phenoxy) is 1. The summed E-state index contributed by atoms with van der Waals surface area (Å²) in [5.74, 6) is 0.188. The normalized spacial score (nSPS) is 20.1. The van der Waals surface area contributed by atoms with Crippen LogP contribution in [0.15, 0.2) is 15.9 Å². The number of hydrogen-bond donors (Lipinski definition) is 1. The number of morpholine rings is 1. The van der Waals surface area contributed by atoms with Crippen LogP contribution < -0.4 is 5.32 Å². The van der Waals surface area contributed by atoms with Gasteiger partial charge in [-0.3, -0.25) is 4.79 Å². The van der Waals surface area contributed by atoms with E-state index in [1.54, 1.807) is 11.3 Å². The molecule has 0 aromatic carbocycles. The van der Waals surface area contributed by atoms with Crippen LogP contribution in [0.3, 0.4) is 0 Å². The Balaban J connectivity index is 1.97. The first-order valence-corrected chi connectivity index (χ1v) is 7.57. The maximum atomic E-state index is 12.3. The lowest BCUT2D eigenvalue weighted by molar-refractivity contribution is -0.138. The molecule has 0 aliphatic carbocycles. The second-order valence-electron chi connectivity index (χ2n) is 4.26. The van der Waals surface area contributed by atoms with Crippen molar-refractivity contribution in [2.24, 2.45) is 0 Å². The van der Waals surface area contributed by atoms with E-state index in [0.717, 1.165) is 15.2 Å². The third-order valence-corrected chi connectivity index (χ3v) is 4.57. The number of thiophene rings is 1. The van der Waals surface area contributed by atoms with Crippen molar-refractivity contribution in [3.8, 4) is 0 Å². The van der Waals surface area contributed by atoms with Crippen LogP contribution in [-0.2, 0) is 16.0 Å². The Kier molecular flexibility index (Phi) is 5.17. The van der Waals surface area contributed by atoms with E-state index in [-0.39, 0.29) is 11.9 Å². The molecule has 0 saturated carbocycles. The Morgan fingerprint density at radius 2 is 2.50 bits per heavy atom. The first-order chi connectivity index (χ1) is 8.70. The quantitative estimate of drug-likeness (QED) is 0.908. The Bertz CT molecular complexity index is 409. The maximum Gasteiger partial charge on any atom is 0.228 e. The van der Waals surface area contributed by atoms with Crippen LogP contribution >= 0.6 is 27.3 Å². The molecule has 1 aliphatic rings. The molecule has 1 aliphatic heterocycles. The zero-order valence-corrected chi connectivity index (χ0v) is 12.7. The highest BCUT2D eigenvalue weighted by atomic mass is 79.9. The van der Waals surface area contributed by atoms with Gasteiger partial charge in [0, 0.05) is 18.0 Å². The summed E-state index contributed by atoms with van der Waals surface area (Å²) in [7, 11) is 1.90. The summed E-state index contributed by atoms with van der Waals surface area (Å²) < 4.78 is 6.50. The predicted molar refractivity (Wildman–Crippen MR) is 76.0 cm³/mol. The molecular formula is C12H17BrN2O2S. The van der Waals surface area contributed by atoms with Crippen LogP contribution in [0.5, 0.6) is 0 Å². The van der Waals surface area contributed by atoms with E-state index in [4.69, 9.17) is 4.74 Å². The van der Waals surface area contributed by atoms with Gasteiger partial charge in [-0.05, 0) is 35.1 Å². The molecule has 2 rings (SSSR count). The molecule has 1 saturated heterocycles. The molecular weight excluding hydrogens is 316 g/mol. The van der Waals surface area contributed by atoms with Crippen molar-refractivity contribution in [2.75, 3.05) is 33.4 Å². The van der Waals surface area contributed by atoms with E-state index in [9.17, 15) is 4.79 Å². The van der Waals surface area contributed by atoms with Gasteiger partial charge in [0.1, 0.15) is 0 Å². The lowest BCUT2D eigenvalue weighted by atomic mass is 10.2. The zero-order chi connectivity index (χ0) is 13.0. The van der Waals surface area contributed by atoms with Crippen LogP contribution in [0, 0.1) is 0 Å². The molecule has 100 valence electrons. The van der Waals surface area contributed by atoms with Crippen molar-refractivity contribution >= 4 is 33.2 Å². The third-order valence-electron chi connectivity index (χ3n) is 2.94. The number of carbonyl (C=O) groups is 1. The third kappa shape index (κ3) is 3.54. The van der Waals surface area contributed by atoms with Crippen molar-refractivity contribution in [1.82, 2.24) is 10.2 Å². The highest BCUT2D eigenvalue weighted by molar-refractivity contribution is 9.11. The van der Waals surface area contributed by atoms with Gasteiger partial charge in [0.15, 0.2) is 0 Å². The number of rotatable bonds is 4. The largest absolute Gasteiger partial charge is 0.377 e. The fourth-order valence-corrected chi connectivity index (χ4v) is 3.56. The van der Waals surface area contributed by atoms with E-state index in [1.165, 1.54) is 0 Å². The number of halogens is 1. The minimum Gasteiger partial charge on any atom is -0.377 e. The summed E-state index contributed by atoms with van der Waals surface area (Å²) in [6.07, 6.45) is 0.483. The summed E-state index contributed by atoms with van der Waals surface area (Å²) in [4.78, 5) is 15.3. The minimum absolute atomic E-state index is 0.152. The maximum absolute atomic E-state index is 12.3. The van der Waals surface area contributed by atoms with Crippen molar-refractivity contribution < 1.29 is 9.53 Å². The molecule has 1 N–H and O–H groups in total. The SMILES string of the molecule is CNCC1COCCN1C(=O)Cc1ccc(Br)s1. The monoisotopic (exact) mass is 332 g/mol. The lowest BCUT2D eigenvalue weighted by Gasteiger charge is -2.35.